The molecular formula is C24H28N4O2S. The smallest absolute Gasteiger partial charge is 0.234 e. The molecule has 4 rings (SSSR count). The molecule has 1 fully saturated rings. The summed E-state index contributed by atoms with van der Waals surface area (Å²) in [5, 5.41) is 12.3. The number of hydrogen-bond donors (Lipinski definition) is 1. The van der Waals surface area contributed by atoms with Crippen LogP contribution in [0.4, 0.5) is 5.69 Å². The lowest BCUT2D eigenvalue weighted by Gasteiger charge is -2.13. The molecule has 0 unspecified atom stereocenters. The maximum absolute atomic E-state index is 12.4. The largest absolute Gasteiger partial charge is 0.490 e. The second kappa shape index (κ2) is 9.56. The summed E-state index contributed by atoms with van der Waals surface area (Å²) in [6.07, 6.45) is 5.14. The van der Waals surface area contributed by atoms with Crippen LogP contribution in [0.1, 0.15) is 36.8 Å². The average Bonchev–Trinajstić information content (AvgIpc) is 3.39. The van der Waals surface area contributed by atoms with Crippen molar-refractivity contribution in [1.29, 1.82) is 0 Å². The highest BCUT2D eigenvalue weighted by Crippen LogP contribution is 2.27. The lowest BCUT2D eigenvalue weighted by atomic mass is 10.1. The summed E-state index contributed by atoms with van der Waals surface area (Å²) in [7, 11) is 1.92. The first-order valence-electron chi connectivity index (χ1n) is 10.7. The number of nitrogens with zero attached hydrogens (tertiary/aromatic N) is 3. The van der Waals surface area contributed by atoms with Crippen molar-refractivity contribution in [3.63, 3.8) is 0 Å². The van der Waals surface area contributed by atoms with Gasteiger partial charge in [-0.3, -0.25) is 4.79 Å². The van der Waals surface area contributed by atoms with Crippen LogP contribution in [0.15, 0.2) is 47.6 Å². The van der Waals surface area contributed by atoms with E-state index in [9.17, 15) is 4.79 Å². The number of carbonyl (C=O) groups excluding carboxylic acids is 1. The number of aromatic nitrogens is 3. The first-order valence-corrected chi connectivity index (χ1v) is 11.6. The van der Waals surface area contributed by atoms with Crippen LogP contribution in [-0.2, 0) is 11.8 Å². The topological polar surface area (TPSA) is 69.0 Å². The van der Waals surface area contributed by atoms with Crippen molar-refractivity contribution in [2.24, 2.45) is 7.05 Å². The molecule has 0 atom stereocenters. The highest BCUT2D eigenvalue weighted by molar-refractivity contribution is 7.99. The van der Waals surface area contributed by atoms with Gasteiger partial charge in [-0.1, -0.05) is 29.5 Å². The summed E-state index contributed by atoms with van der Waals surface area (Å²) >= 11 is 1.38. The number of aryl methyl sites for hydroxylation is 2. The molecule has 1 aromatic heterocycles. The van der Waals surface area contributed by atoms with Crippen LogP contribution in [0.25, 0.3) is 11.4 Å². The van der Waals surface area contributed by atoms with Gasteiger partial charge in [0.15, 0.2) is 11.0 Å². The predicted molar refractivity (Wildman–Crippen MR) is 125 cm³/mol. The van der Waals surface area contributed by atoms with Crippen molar-refractivity contribution in [3.8, 4) is 17.1 Å². The summed E-state index contributed by atoms with van der Waals surface area (Å²) in [4.78, 5) is 12.4. The predicted octanol–water partition coefficient (Wildman–Crippen LogP) is 5.15. The van der Waals surface area contributed by atoms with Gasteiger partial charge in [-0.25, -0.2) is 0 Å². The summed E-state index contributed by atoms with van der Waals surface area (Å²) < 4.78 is 7.96. The Labute approximate surface area is 187 Å². The van der Waals surface area contributed by atoms with Gasteiger partial charge in [0, 0.05) is 18.3 Å². The number of rotatable bonds is 7. The number of nitrogens with one attached hydrogen (secondary N) is 1. The molecule has 3 aromatic rings. The van der Waals surface area contributed by atoms with E-state index in [0.29, 0.717) is 11.3 Å². The molecule has 1 aliphatic carbocycles. The molecular weight excluding hydrogens is 408 g/mol. The maximum Gasteiger partial charge on any atom is 0.234 e. The lowest BCUT2D eigenvalue weighted by molar-refractivity contribution is -0.113. The molecule has 1 N–H and O–H groups in total. The van der Waals surface area contributed by atoms with E-state index in [1.807, 2.05) is 61.9 Å². The molecule has 7 heteroatoms. The first kappa shape index (κ1) is 21.4. The molecule has 6 nitrogen and oxygen atoms in total. The molecule has 0 radical (unpaired) electrons. The zero-order chi connectivity index (χ0) is 21.8. The van der Waals surface area contributed by atoms with Crippen molar-refractivity contribution >= 4 is 23.4 Å². The molecule has 31 heavy (non-hydrogen) atoms. The quantitative estimate of drug-likeness (QED) is 0.519. The highest BCUT2D eigenvalue weighted by Gasteiger charge is 2.17. The van der Waals surface area contributed by atoms with Gasteiger partial charge in [0.1, 0.15) is 5.75 Å². The van der Waals surface area contributed by atoms with Gasteiger partial charge in [-0.2, -0.15) is 0 Å². The Hall–Kier alpha value is -2.80. The Kier molecular flexibility index (Phi) is 6.61. The maximum atomic E-state index is 12.4. The number of ether oxygens (including phenoxy) is 1. The summed E-state index contributed by atoms with van der Waals surface area (Å²) in [6.45, 7) is 4.03. The zero-order valence-corrected chi connectivity index (χ0v) is 19.0. The molecule has 0 saturated heterocycles. The van der Waals surface area contributed by atoms with Gasteiger partial charge >= 0.3 is 0 Å². The van der Waals surface area contributed by atoms with E-state index in [-0.39, 0.29) is 11.7 Å². The van der Waals surface area contributed by atoms with Crippen molar-refractivity contribution in [3.05, 3.63) is 53.6 Å². The standard InChI is InChI=1S/C24H28N4O2S/c1-16-8-13-21(17(2)14-16)25-22(29)15-31-24-27-26-23(28(24)3)18-9-11-20(12-10-18)30-19-6-4-5-7-19/h8-14,19H,4-7,15H2,1-3H3,(H,25,29). The van der Waals surface area contributed by atoms with Crippen molar-refractivity contribution in [2.75, 3.05) is 11.1 Å². The number of benzene rings is 2. The summed E-state index contributed by atoms with van der Waals surface area (Å²) in [5.74, 6) is 1.88. The van der Waals surface area contributed by atoms with Crippen LogP contribution < -0.4 is 10.1 Å². The number of carbonyl (C=O) groups is 1. The number of thioether (sulfide) groups is 1. The Morgan fingerprint density at radius 2 is 1.87 bits per heavy atom. The molecule has 1 heterocycles. The Morgan fingerprint density at radius 1 is 1.13 bits per heavy atom. The van der Waals surface area contributed by atoms with Crippen molar-refractivity contribution in [2.45, 2.75) is 50.8 Å². The Balaban J connectivity index is 1.36. The van der Waals surface area contributed by atoms with E-state index in [1.54, 1.807) is 0 Å². The van der Waals surface area contributed by atoms with E-state index in [2.05, 4.69) is 21.6 Å². The SMILES string of the molecule is Cc1ccc(NC(=O)CSc2nnc(-c3ccc(OC4CCCC4)cc3)n2C)c(C)c1. The molecule has 1 aliphatic rings. The molecule has 0 bridgehead atoms. The molecule has 1 saturated carbocycles. The van der Waals surface area contributed by atoms with Crippen molar-refractivity contribution < 1.29 is 9.53 Å². The highest BCUT2D eigenvalue weighted by atomic mass is 32.2. The Morgan fingerprint density at radius 3 is 2.58 bits per heavy atom. The molecule has 0 aliphatic heterocycles. The lowest BCUT2D eigenvalue weighted by Crippen LogP contribution is -2.15. The van der Waals surface area contributed by atoms with Gasteiger partial charge in [-0.05, 0) is 75.4 Å². The minimum atomic E-state index is -0.0603. The van der Waals surface area contributed by atoms with Crippen LogP contribution >= 0.6 is 11.8 Å². The molecule has 162 valence electrons. The van der Waals surface area contributed by atoms with Crippen molar-refractivity contribution in [1.82, 2.24) is 14.8 Å². The average molecular weight is 437 g/mol. The monoisotopic (exact) mass is 436 g/mol. The normalized spacial score (nSPS) is 14.0. The van der Waals surface area contributed by atoms with E-state index in [0.717, 1.165) is 41.2 Å². The van der Waals surface area contributed by atoms with E-state index < -0.39 is 0 Å². The van der Waals surface area contributed by atoms with Gasteiger partial charge in [-0.15, -0.1) is 10.2 Å². The third-order valence-electron chi connectivity index (χ3n) is 5.54. The zero-order valence-electron chi connectivity index (χ0n) is 18.2. The van der Waals surface area contributed by atoms with Gasteiger partial charge < -0.3 is 14.6 Å². The Bertz CT molecular complexity index is 1060. The number of anilines is 1. The van der Waals surface area contributed by atoms with Crippen LogP contribution in [0.3, 0.4) is 0 Å². The van der Waals surface area contributed by atoms with E-state index in [4.69, 9.17) is 4.74 Å². The van der Waals surface area contributed by atoms with Crippen LogP contribution in [0.2, 0.25) is 0 Å². The third kappa shape index (κ3) is 5.28. The van der Waals surface area contributed by atoms with Gasteiger partial charge in [0.2, 0.25) is 5.91 Å². The molecule has 2 aromatic carbocycles. The van der Waals surface area contributed by atoms with Gasteiger partial charge in [0.05, 0.1) is 11.9 Å². The van der Waals surface area contributed by atoms with Crippen LogP contribution in [0.5, 0.6) is 5.75 Å². The summed E-state index contributed by atoms with van der Waals surface area (Å²) in [6, 6.07) is 14.0. The van der Waals surface area contributed by atoms with Crippen LogP contribution in [-0.4, -0.2) is 32.5 Å². The van der Waals surface area contributed by atoms with Crippen LogP contribution in [0, 0.1) is 13.8 Å². The number of amides is 1. The molecule has 0 spiro atoms. The van der Waals surface area contributed by atoms with E-state index >= 15 is 0 Å². The molecule has 1 amide bonds. The third-order valence-corrected chi connectivity index (χ3v) is 6.56. The minimum absolute atomic E-state index is 0.0603. The van der Waals surface area contributed by atoms with Gasteiger partial charge in [0.25, 0.3) is 0 Å². The fourth-order valence-electron chi connectivity index (χ4n) is 3.84. The second-order valence-corrected chi connectivity index (χ2v) is 9.01. The summed E-state index contributed by atoms with van der Waals surface area (Å²) in [5.41, 5.74) is 4.05. The van der Waals surface area contributed by atoms with E-state index in [1.165, 1.54) is 30.2 Å². The fraction of sp³-hybridized carbons (Fsp3) is 0.375. The first-order chi connectivity index (χ1) is 15.0. The number of hydrogen-bond acceptors (Lipinski definition) is 5. The minimum Gasteiger partial charge on any atom is -0.490 e. The second-order valence-electron chi connectivity index (χ2n) is 8.07. The fourth-order valence-corrected chi connectivity index (χ4v) is 4.55.